The minimum absolute atomic E-state index is 0.103. The number of amides is 1. The number of rotatable bonds is 8. The predicted octanol–water partition coefficient (Wildman–Crippen LogP) is 4.35. The molecule has 20 heavy (non-hydrogen) atoms. The van der Waals surface area contributed by atoms with Crippen molar-refractivity contribution in [3.63, 3.8) is 0 Å². The fraction of sp³-hybridized carbons (Fsp3) is 0.611. The molecule has 2 unspecified atom stereocenters. The highest BCUT2D eigenvalue weighted by atomic mass is 16.2. The number of carbonyl (C=O) groups excluding carboxylic acids is 1. The van der Waals surface area contributed by atoms with E-state index in [4.69, 9.17) is 0 Å². The normalized spacial score (nSPS) is 24.5. The van der Waals surface area contributed by atoms with E-state index in [1.807, 2.05) is 17.9 Å². The maximum atomic E-state index is 12.0. The van der Waals surface area contributed by atoms with Gasteiger partial charge in [-0.2, -0.15) is 0 Å². The van der Waals surface area contributed by atoms with Crippen LogP contribution in [0.2, 0.25) is 0 Å². The standard InChI is InChI=1S/C18H29NO/c1-6-9-17(20)19(12-7-2)14-16-13-18(16,5)11-8-10-15(3)4/h6-7,9-10,16H,2,8,11-14H2,1,3-5H3. The Hall–Kier alpha value is -1.31. The number of allylic oxidation sites excluding steroid dienone is 3. The van der Waals surface area contributed by atoms with Crippen LogP contribution in [-0.4, -0.2) is 23.9 Å². The van der Waals surface area contributed by atoms with Crippen LogP contribution < -0.4 is 0 Å². The van der Waals surface area contributed by atoms with Crippen LogP contribution in [0.1, 0.15) is 47.0 Å². The summed E-state index contributed by atoms with van der Waals surface area (Å²) in [6, 6.07) is 0. The predicted molar refractivity (Wildman–Crippen MR) is 86.5 cm³/mol. The molecule has 0 spiro atoms. The summed E-state index contributed by atoms with van der Waals surface area (Å²) in [6.07, 6.45) is 11.2. The summed E-state index contributed by atoms with van der Waals surface area (Å²) in [5.41, 5.74) is 1.81. The third kappa shape index (κ3) is 4.99. The molecular formula is C18H29NO. The SMILES string of the molecule is C=CCN(CC1CC1(C)CCC=C(C)C)C(=O)C=CC. The molecule has 1 aliphatic rings. The second kappa shape index (κ2) is 7.47. The van der Waals surface area contributed by atoms with E-state index >= 15 is 0 Å². The molecule has 1 fully saturated rings. The molecule has 112 valence electrons. The van der Waals surface area contributed by atoms with E-state index < -0.39 is 0 Å². The molecule has 1 aliphatic carbocycles. The quantitative estimate of drug-likeness (QED) is 0.476. The summed E-state index contributed by atoms with van der Waals surface area (Å²) in [5, 5.41) is 0. The summed E-state index contributed by atoms with van der Waals surface area (Å²) in [4.78, 5) is 13.9. The van der Waals surface area contributed by atoms with Gasteiger partial charge >= 0.3 is 0 Å². The topological polar surface area (TPSA) is 20.3 Å². The number of nitrogens with zero attached hydrogens (tertiary/aromatic N) is 1. The minimum atomic E-state index is 0.103. The molecule has 0 aromatic carbocycles. The Morgan fingerprint density at radius 3 is 2.70 bits per heavy atom. The van der Waals surface area contributed by atoms with E-state index in [0.29, 0.717) is 17.9 Å². The van der Waals surface area contributed by atoms with Gasteiger partial charge in [0, 0.05) is 13.1 Å². The fourth-order valence-corrected chi connectivity index (χ4v) is 2.71. The van der Waals surface area contributed by atoms with Crippen molar-refractivity contribution in [2.24, 2.45) is 11.3 Å². The van der Waals surface area contributed by atoms with Crippen LogP contribution in [0.25, 0.3) is 0 Å². The summed E-state index contributed by atoms with van der Waals surface area (Å²) in [7, 11) is 0. The van der Waals surface area contributed by atoms with Crippen molar-refractivity contribution in [2.45, 2.75) is 47.0 Å². The first-order valence-corrected chi connectivity index (χ1v) is 7.59. The van der Waals surface area contributed by atoms with Gasteiger partial charge < -0.3 is 4.90 Å². The second-order valence-electron chi connectivity index (χ2n) is 6.41. The molecule has 0 N–H and O–H groups in total. The highest BCUT2D eigenvalue weighted by Gasteiger charge is 2.49. The number of hydrogen-bond acceptors (Lipinski definition) is 1. The average Bonchev–Trinajstić information content (AvgIpc) is 2.99. The van der Waals surface area contributed by atoms with E-state index in [0.717, 1.165) is 13.0 Å². The van der Waals surface area contributed by atoms with Crippen LogP contribution in [0, 0.1) is 11.3 Å². The zero-order valence-electron chi connectivity index (χ0n) is 13.5. The largest absolute Gasteiger partial charge is 0.335 e. The van der Waals surface area contributed by atoms with E-state index in [1.165, 1.54) is 18.4 Å². The Morgan fingerprint density at radius 1 is 1.45 bits per heavy atom. The molecule has 2 nitrogen and oxygen atoms in total. The molecule has 1 saturated carbocycles. The van der Waals surface area contributed by atoms with Crippen LogP contribution in [0.5, 0.6) is 0 Å². The lowest BCUT2D eigenvalue weighted by molar-refractivity contribution is -0.125. The smallest absolute Gasteiger partial charge is 0.246 e. The van der Waals surface area contributed by atoms with Crippen molar-refractivity contribution in [3.8, 4) is 0 Å². The third-order valence-corrected chi connectivity index (χ3v) is 4.22. The Kier molecular flexibility index (Phi) is 6.25. The van der Waals surface area contributed by atoms with Crippen LogP contribution in [0.15, 0.2) is 36.5 Å². The van der Waals surface area contributed by atoms with Crippen LogP contribution >= 0.6 is 0 Å². The molecule has 2 heteroatoms. The van der Waals surface area contributed by atoms with Gasteiger partial charge in [-0.1, -0.05) is 30.7 Å². The third-order valence-electron chi connectivity index (χ3n) is 4.22. The summed E-state index contributed by atoms with van der Waals surface area (Å²) in [6.45, 7) is 13.8. The van der Waals surface area contributed by atoms with Gasteiger partial charge in [0.05, 0.1) is 0 Å². The maximum absolute atomic E-state index is 12.0. The van der Waals surface area contributed by atoms with Crippen LogP contribution in [0.4, 0.5) is 0 Å². The maximum Gasteiger partial charge on any atom is 0.246 e. The van der Waals surface area contributed by atoms with E-state index in [2.05, 4.69) is 33.4 Å². The molecule has 0 aromatic rings. The van der Waals surface area contributed by atoms with Gasteiger partial charge in [-0.3, -0.25) is 4.79 Å². The lowest BCUT2D eigenvalue weighted by Crippen LogP contribution is -2.32. The monoisotopic (exact) mass is 275 g/mol. The lowest BCUT2D eigenvalue weighted by atomic mass is 9.98. The van der Waals surface area contributed by atoms with Crippen molar-refractivity contribution >= 4 is 5.91 Å². The van der Waals surface area contributed by atoms with Crippen molar-refractivity contribution in [1.29, 1.82) is 0 Å². The van der Waals surface area contributed by atoms with Gasteiger partial charge in [0.15, 0.2) is 0 Å². The first-order valence-electron chi connectivity index (χ1n) is 7.59. The molecule has 2 atom stereocenters. The molecule has 0 heterocycles. The zero-order valence-corrected chi connectivity index (χ0v) is 13.5. The van der Waals surface area contributed by atoms with Crippen LogP contribution in [0.3, 0.4) is 0 Å². The van der Waals surface area contributed by atoms with Crippen LogP contribution in [-0.2, 0) is 4.79 Å². The fourth-order valence-electron chi connectivity index (χ4n) is 2.71. The highest BCUT2D eigenvalue weighted by molar-refractivity contribution is 5.87. The average molecular weight is 275 g/mol. The van der Waals surface area contributed by atoms with Gasteiger partial charge in [0.1, 0.15) is 0 Å². The van der Waals surface area contributed by atoms with E-state index in [1.54, 1.807) is 12.2 Å². The first-order chi connectivity index (χ1) is 9.42. The van der Waals surface area contributed by atoms with Crippen molar-refractivity contribution in [1.82, 2.24) is 4.90 Å². The minimum Gasteiger partial charge on any atom is -0.335 e. The van der Waals surface area contributed by atoms with Crippen molar-refractivity contribution < 1.29 is 4.79 Å². The van der Waals surface area contributed by atoms with E-state index in [-0.39, 0.29) is 5.91 Å². The molecule has 1 amide bonds. The van der Waals surface area contributed by atoms with Gasteiger partial charge in [-0.25, -0.2) is 0 Å². The zero-order chi connectivity index (χ0) is 15.2. The summed E-state index contributed by atoms with van der Waals surface area (Å²) >= 11 is 0. The highest BCUT2D eigenvalue weighted by Crippen LogP contribution is 2.55. The van der Waals surface area contributed by atoms with Gasteiger partial charge in [-0.15, -0.1) is 6.58 Å². The van der Waals surface area contributed by atoms with Gasteiger partial charge in [0.25, 0.3) is 0 Å². The lowest BCUT2D eigenvalue weighted by Gasteiger charge is -2.21. The molecule has 0 aromatic heterocycles. The van der Waals surface area contributed by atoms with Crippen molar-refractivity contribution in [2.75, 3.05) is 13.1 Å². The van der Waals surface area contributed by atoms with E-state index in [9.17, 15) is 4.79 Å². The Labute approximate surface area is 124 Å². The number of hydrogen-bond donors (Lipinski definition) is 0. The van der Waals surface area contributed by atoms with Gasteiger partial charge in [-0.05, 0) is 57.4 Å². The summed E-state index contributed by atoms with van der Waals surface area (Å²) in [5.74, 6) is 0.744. The second-order valence-corrected chi connectivity index (χ2v) is 6.41. The Balaban J connectivity index is 2.49. The Morgan fingerprint density at radius 2 is 2.15 bits per heavy atom. The molecule has 0 radical (unpaired) electrons. The van der Waals surface area contributed by atoms with Gasteiger partial charge in [0.2, 0.25) is 5.91 Å². The molecule has 0 bridgehead atoms. The molecular weight excluding hydrogens is 246 g/mol. The molecule has 0 saturated heterocycles. The molecule has 1 rings (SSSR count). The summed E-state index contributed by atoms with van der Waals surface area (Å²) < 4.78 is 0. The first kappa shape index (κ1) is 16.7. The Bertz CT molecular complexity index is 404. The number of carbonyl (C=O) groups is 1. The molecule has 0 aliphatic heterocycles. The van der Waals surface area contributed by atoms with Crippen molar-refractivity contribution in [3.05, 3.63) is 36.5 Å².